The van der Waals surface area contributed by atoms with Crippen LogP contribution in [0.2, 0.25) is 0 Å². The molecule has 0 amide bonds. The molecule has 0 radical (unpaired) electrons. The van der Waals surface area contributed by atoms with Crippen LogP contribution in [0.25, 0.3) is 0 Å². The number of allylic oxidation sites excluding steroid dienone is 1. The Labute approximate surface area is 120 Å². The summed E-state index contributed by atoms with van der Waals surface area (Å²) in [5.41, 5.74) is -5.02. The number of aliphatic hydroxyl groups is 1. The molecule has 1 aromatic carbocycles. The molecule has 1 aliphatic carbocycles. The summed E-state index contributed by atoms with van der Waals surface area (Å²) in [5.74, 6) is -10.3. The molecule has 2 rings (SSSR count). The summed E-state index contributed by atoms with van der Waals surface area (Å²) in [6, 6.07) is 1.24. The molecule has 0 saturated heterocycles. The summed E-state index contributed by atoms with van der Waals surface area (Å²) in [6.07, 6.45) is 0.413. The molecular weight excluding hydrogens is 347 g/mol. The summed E-state index contributed by atoms with van der Waals surface area (Å²) in [5, 5.41) is 10.2. The van der Waals surface area contributed by atoms with Gasteiger partial charge < -0.3 is 5.11 Å². The van der Waals surface area contributed by atoms with E-state index < -0.39 is 45.3 Å². The molecule has 110 valence electrons. The van der Waals surface area contributed by atoms with E-state index in [4.69, 9.17) is 0 Å². The quantitative estimate of drug-likeness (QED) is 0.625. The molecule has 0 spiro atoms. The van der Waals surface area contributed by atoms with E-state index >= 15 is 0 Å². The minimum Gasteiger partial charge on any atom is -0.378 e. The van der Waals surface area contributed by atoms with Gasteiger partial charge >= 0.3 is 11.8 Å². The second kappa shape index (κ2) is 4.53. The van der Waals surface area contributed by atoms with Gasteiger partial charge in [-0.05, 0) is 40.9 Å². The monoisotopic (exact) mass is 356 g/mol. The number of rotatable bonds is 3. The van der Waals surface area contributed by atoms with E-state index in [1.165, 1.54) is 6.08 Å². The van der Waals surface area contributed by atoms with Gasteiger partial charge in [-0.2, -0.15) is 17.6 Å². The Morgan fingerprint density at radius 2 is 1.85 bits per heavy atom. The van der Waals surface area contributed by atoms with Crippen LogP contribution in [-0.4, -0.2) is 11.0 Å². The molecule has 0 heterocycles. The van der Waals surface area contributed by atoms with Crippen molar-refractivity contribution in [1.29, 1.82) is 0 Å². The van der Waals surface area contributed by atoms with Crippen LogP contribution < -0.4 is 0 Å². The minimum atomic E-state index is -4.73. The van der Waals surface area contributed by atoms with Crippen molar-refractivity contribution in [3.05, 3.63) is 46.2 Å². The van der Waals surface area contributed by atoms with Crippen molar-refractivity contribution in [2.24, 2.45) is 0 Å². The SMILES string of the molecule is C=CCCC1(O)c2c(ccc(F)c2Br)C(F)(F)C1(F)F. The standard InChI is InChI=1S/C13H10BrF5O/c1-2-3-6-11(20)9-7(4-5-8(15)10(9)14)12(16,17)13(11,18)19/h2,4-5,20H,1,3,6H2. The Morgan fingerprint density at radius 1 is 1.25 bits per heavy atom. The molecule has 0 aliphatic heterocycles. The lowest BCUT2D eigenvalue weighted by Gasteiger charge is -2.32. The van der Waals surface area contributed by atoms with Gasteiger partial charge in [0.1, 0.15) is 5.82 Å². The molecule has 1 atom stereocenters. The van der Waals surface area contributed by atoms with E-state index in [0.29, 0.717) is 12.1 Å². The van der Waals surface area contributed by atoms with Crippen molar-refractivity contribution in [2.45, 2.75) is 30.3 Å². The van der Waals surface area contributed by atoms with Gasteiger partial charge in [0.25, 0.3) is 0 Å². The van der Waals surface area contributed by atoms with Gasteiger partial charge in [-0.3, -0.25) is 0 Å². The van der Waals surface area contributed by atoms with Crippen LogP contribution in [0.15, 0.2) is 29.3 Å². The largest absolute Gasteiger partial charge is 0.378 e. The highest BCUT2D eigenvalue weighted by molar-refractivity contribution is 9.10. The van der Waals surface area contributed by atoms with Crippen LogP contribution in [0.3, 0.4) is 0 Å². The molecule has 1 nitrogen and oxygen atoms in total. The minimum absolute atomic E-state index is 0.120. The topological polar surface area (TPSA) is 20.2 Å². The summed E-state index contributed by atoms with van der Waals surface area (Å²) < 4.78 is 68.7. The van der Waals surface area contributed by atoms with Crippen molar-refractivity contribution in [2.75, 3.05) is 0 Å². The number of hydrogen-bond donors (Lipinski definition) is 1. The van der Waals surface area contributed by atoms with Crippen LogP contribution in [0.1, 0.15) is 24.0 Å². The first kappa shape index (κ1) is 15.4. The lowest BCUT2D eigenvalue weighted by molar-refractivity contribution is -0.287. The molecule has 1 aliphatic rings. The molecule has 0 fully saturated rings. The lowest BCUT2D eigenvalue weighted by Crippen LogP contribution is -2.48. The number of alkyl halides is 4. The van der Waals surface area contributed by atoms with Crippen LogP contribution in [0.4, 0.5) is 22.0 Å². The van der Waals surface area contributed by atoms with E-state index in [9.17, 15) is 27.1 Å². The highest BCUT2D eigenvalue weighted by Gasteiger charge is 2.76. The lowest BCUT2D eigenvalue weighted by atomic mass is 9.88. The Kier molecular flexibility index (Phi) is 3.49. The second-order valence-corrected chi connectivity index (χ2v) is 5.41. The summed E-state index contributed by atoms with van der Waals surface area (Å²) in [6.45, 7) is 3.30. The molecular formula is C13H10BrF5O. The summed E-state index contributed by atoms with van der Waals surface area (Å²) >= 11 is 2.67. The average molecular weight is 357 g/mol. The number of halogens is 6. The molecule has 0 bridgehead atoms. The van der Waals surface area contributed by atoms with Gasteiger partial charge in [-0.25, -0.2) is 4.39 Å². The van der Waals surface area contributed by atoms with E-state index in [-0.39, 0.29) is 6.42 Å². The van der Waals surface area contributed by atoms with Crippen molar-refractivity contribution >= 4 is 15.9 Å². The average Bonchev–Trinajstić information content (AvgIpc) is 2.48. The third-order valence-electron chi connectivity index (χ3n) is 3.47. The van der Waals surface area contributed by atoms with E-state index in [1.807, 2.05) is 0 Å². The van der Waals surface area contributed by atoms with Gasteiger partial charge in [0.15, 0.2) is 5.60 Å². The van der Waals surface area contributed by atoms with Gasteiger partial charge in [-0.15, -0.1) is 6.58 Å². The third kappa shape index (κ3) is 1.69. The Bertz CT molecular complexity index is 572. The highest BCUT2D eigenvalue weighted by atomic mass is 79.9. The van der Waals surface area contributed by atoms with Crippen molar-refractivity contribution in [3.8, 4) is 0 Å². The van der Waals surface area contributed by atoms with E-state index in [2.05, 4.69) is 22.5 Å². The zero-order valence-electron chi connectivity index (χ0n) is 10.1. The van der Waals surface area contributed by atoms with Crippen LogP contribution >= 0.6 is 15.9 Å². The molecule has 1 aromatic rings. The third-order valence-corrected chi connectivity index (χ3v) is 4.25. The summed E-state index contributed by atoms with van der Waals surface area (Å²) in [4.78, 5) is 0. The fraction of sp³-hybridized carbons (Fsp3) is 0.385. The van der Waals surface area contributed by atoms with Crippen LogP contribution in [0, 0.1) is 5.82 Å². The molecule has 0 aromatic heterocycles. The normalized spacial score (nSPS) is 26.4. The van der Waals surface area contributed by atoms with E-state index in [1.54, 1.807) is 0 Å². The number of hydrogen-bond acceptors (Lipinski definition) is 1. The Morgan fingerprint density at radius 3 is 2.40 bits per heavy atom. The predicted octanol–water partition coefficient (Wildman–Crippen LogP) is 4.48. The zero-order chi connectivity index (χ0) is 15.3. The zero-order valence-corrected chi connectivity index (χ0v) is 11.7. The Balaban J connectivity index is 2.77. The van der Waals surface area contributed by atoms with E-state index in [0.717, 1.165) is 0 Å². The van der Waals surface area contributed by atoms with Crippen molar-refractivity contribution in [1.82, 2.24) is 0 Å². The number of benzene rings is 1. The van der Waals surface area contributed by atoms with Crippen molar-refractivity contribution in [3.63, 3.8) is 0 Å². The van der Waals surface area contributed by atoms with Gasteiger partial charge in [0.05, 0.1) is 4.47 Å². The van der Waals surface area contributed by atoms with Gasteiger partial charge in [-0.1, -0.05) is 6.08 Å². The fourth-order valence-electron chi connectivity index (χ4n) is 2.40. The molecule has 7 heteroatoms. The Hall–Kier alpha value is -0.950. The van der Waals surface area contributed by atoms with Gasteiger partial charge in [0, 0.05) is 11.1 Å². The first-order valence-electron chi connectivity index (χ1n) is 5.69. The van der Waals surface area contributed by atoms with Gasteiger partial charge in [0.2, 0.25) is 0 Å². The number of fused-ring (bicyclic) bond motifs is 1. The molecule has 1 unspecified atom stereocenters. The van der Waals surface area contributed by atoms with Crippen LogP contribution in [-0.2, 0) is 11.5 Å². The van der Waals surface area contributed by atoms with Crippen molar-refractivity contribution < 1.29 is 27.1 Å². The molecule has 20 heavy (non-hydrogen) atoms. The first-order chi connectivity index (χ1) is 9.11. The highest BCUT2D eigenvalue weighted by Crippen LogP contribution is 2.63. The molecule has 0 saturated carbocycles. The maximum Gasteiger partial charge on any atom is 0.346 e. The maximum absolute atomic E-state index is 14.0. The smallest absolute Gasteiger partial charge is 0.346 e. The first-order valence-corrected chi connectivity index (χ1v) is 6.48. The summed E-state index contributed by atoms with van der Waals surface area (Å²) in [7, 11) is 0. The molecule has 1 N–H and O–H groups in total. The van der Waals surface area contributed by atoms with Crippen LogP contribution in [0.5, 0.6) is 0 Å². The fourth-order valence-corrected chi connectivity index (χ4v) is 3.07. The second-order valence-electron chi connectivity index (χ2n) is 4.62. The predicted molar refractivity (Wildman–Crippen MR) is 66.3 cm³/mol. The maximum atomic E-state index is 14.0.